The van der Waals surface area contributed by atoms with Crippen LogP contribution in [0.3, 0.4) is 0 Å². The molecule has 6 nitrogen and oxygen atoms in total. The number of rotatable bonds is 4. The molecule has 2 aromatic carbocycles. The van der Waals surface area contributed by atoms with Gasteiger partial charge >= 0.3 is 0 Å². The van der Waals surface area contributed by atoms with Crippen LogP contribution in [0.2, 0.25) is 0 Å². The van der Waals surface area contributed by atoms with Crippen molar-refractivity contribution < 1.29 is 4.79 Å². The summed E-state index contributed by atoms with van der Waals surface area (Å²) in [6.45, 7) is 1.26. The average Bonchev–Trinajstić information content (AvgIpc) is 2.73. The molecule has 0 spiro atoms. The van der Waals surface area contributed by atoms with Gasteiger partial charge in [-0.1, -0.05) is 48.5 Å². The number of carbonyl (C=O) groups excluding carboxylic acids is 1. The summed E-state index contributed by atoms with van der Waals surface area (Å²) in [7, 11) is 0. The van der Waals surface area contributed by atoms with E-state index < -0.39 is 0 Å². The molecular formula is C23H18N4O2. The molecule has 3 aromatic rings. The number of benzene rings is 2. The highest BCUT2D eigenvalue weighted by Gasteiger charge is 2.31. The Hall–Kier alpha value is -4.03. The van der Waals surface area contributed by atoms with Crippen molar-refractivity contribution in [1.82, 2.24) is 9.47 Å². The summed E-state index contributed by atoms with van der Waals surface area (Å²) in [4.78, 5) is 26.3. The number of hydrogen-bond acceptors (Lipinski definition) is 4. The average molecular weight is 382 g/mol. The number of nitrogens with one attached hydrogen (secondary N) is 1. The first-order valence-corrected chi connectivity index (χ1v) is 9.24. The molecule has 0 atom stereocenters. The maximum Gasteiger partial charge on any atom is 0.298 e. The molecule has 1 fully saturated rings. The van der Waals surface area contributed by atoms with Gasteiger partial charge in [-0.2, -0.15) is 5.26 Å². The Morgan fingerprint density at radius 3 is 2.52 bits per heavy atom. The zero-order valence-corrected chi connectivity index (χ0v) is 15.6. The highest BCUT2D eigenvalue weighted by molar-refractivity contribution is 5.95. The Bertz CT molecular complexity index is 1230. The normalized spacial score (nSPS) is 13.4. The minimum absolute atomic E-state index is 0.0628. The summed E-state index contributed by atoms with van der Waals surface area (Å²) in [6.07, 6.45) is 5.15. The van der Waals surface area contributed by atoms with Gasteiger partial charge in [0.1, 0.15) is 11.6 Å². The Labute approximate surface area is 168 Å². The van der Waals surface area contributed by atoms with Gasteiger partial charge in [-0.3, -0.25) is 9.59 Å². The summed E-state index contributed by atoms with van der Waals surface area (Å²) < 4.78 is 1.63. The minimum atomic E-state index is -0.355. The highest BCUT2D eigenvalue weighted by Crippen LogP contribution is 2.27. The van der Waals surface area contributed by atoms with E-state index in [2.05, 4.69) is 17.3 Å². The van der Waals surface area contributed by atoms with E-state index in [4.69, 9.17) is 6.42 Å². The second-order valence-electron chi connectivity index (χ2n) is 6.95. The number of likely N-dealkylation sites (tertiary alicyclic amines) is 1. The summed E-state index contributed by atoms with van der Waals surface area (Å²) in [5.41, 5.74) is 1.97. The number of nitriles is 1. The fourth-order valence-corrected chi connectivity index (χ4v) is 3.61. The molecule has 1 saturated heterocycles. The van der Waals surface area contributed by atoms with Crippen LogP contribution in [-0.2, 0) is 11.3 Å². The van der Waals surface area contributed by atoms with Gasteiger partial charge in [0.05, 0.1) is 23.8 Å². The third-order valence-corrected chi connectivity index (χ3v) is 5.11. The Balaban J connectivity index is 1.76. The molecule has 0 bridgehead atoms. The largest absolute Gasteiger partial charge is 0.377 e. The molecule has 1 aliphatic heterocycles. The molecule has 1 aliphatic rings. The molecule has 0 aliphatic carbocycles. The van der Waals surface area contributed by atoms with Crippen molar-refractivity contribution in [3.05, 3.63) is 76.1 Å². The van der Waals surface area contributed by atoms with Gasteiger partial charge in [0.15, 0.2) is 0 Å². The molecule has 1 amide bonds. The first-order chi connectivity index (χ1) is 14.1. The number of aromatic nitrogens is 1. The van der Waals surface area contributed by atoms with E-state index in [1.54, 1.807) is 9.47 Å². The van der Waals surface area contributed by atoms with Crippen LogP contribution in [0.4, 0.5) is 5.69 Å². The molecule has 29 heavy (non-hydrogen) atoms. The van der Waals surface area contributed by atoms with E-state index in [1.165, 1.54) is 0 Å². The first kappa shape index (κ1) is 18.3. The van der Waals surface area contributed by atoms with Crippen LogP contribution in [0, 0.1) is 23.7 Å². The van der Waals surface area contributed by atoms with Crippen molar-refractivity contribution in [3.63, 3.8) is 0 Å². The van der Waals surface area contributed by atoms with Gasteiger partial charge in [-0.25, -0.2) is 0 Å². The lowest BCUT2D eigenvalue weighted by molar-refractivity contribution is -0.128. The number of carbonyl (C=O) groups is 1. The van der Waals surface area contributed by atoms with Gasteiger partial charge in [0.2, 0.25) is 0 Å². The zero-order chi connectivity index (χ0) is 20.4. The molecule has 142 valence electrons. The maximum absolute atomic E-state index is 13.2. The number of anilines is 1. The van der Waals surface area contributed by atoms with Gasteiger partial charge < -0.3 is 14.8 Å². The van der Waals surface area contributed by atoms with Crippen LogP contribution in [0.5, 0.6) is 0 Å². The number of amides is 1. The minimum Gasteiger partial charge on any atom is -0.377 e. The van der Waals surface area contributed by atoms with E-state index in [1.807, 2.05) is 54.6 Å². The standard InChI is InChI=1S/C23H18N4O2/c1-2-21(28)26-14-17(15-26)25-22-18-10-6-7-11-20(18)27(23(29)19(22)12-24)13-16-8-4-3-5-9-16/h1,3-11,17,25H,13-15H2. The van der Waals surface area contributed by atoms with Crippen LogP contribution in [0.1, 0.15) is 11.1 Å². The fourth-order valence-electron chi connectivity index (χ4n) is 3.61. The van der Waals surface area contributed by atoms with Crippen LogP contribution >= 0.6 is 0 Å². The van der Waals surface area contributed by atoms with E-state index >= 15 is 0 Å². The number of terminal acetylenes is 1. The van der Waals surface area contributed by atoms with Crippen molar-refractivity contribution in [1.29, 1.82) is 5.26 Å². The van der Waals surface area contributed by atoms with Crippen molar-refractivity contribution in [2.24, 2.45) is 0 Å². The Kier molecular flexibility index (Phi) is 4.76. The number of pyridine rings is 1. The second kappa shape index (κ2) is 7.53. The second-order valence-corrected chi connectivity index (χ2v) is 6.95. The summed E-state index contributed by atoms with van der Waals surface area (Å²) in [5, 5.41) is 13.8. The molecule has 1 aromatic heterocycles. The number of nitrogens with zero attached hydrogens (tertiary/aromatic N) is 3. The predicted octanol–water partition coefficient (Wildman–Crippen LogP) is 2.18. The van der Waals surface area contributed by atoms with E-state index in [0.29, 0.717) is 25.3 Å². The van der Waals surface area contributed by atoms with Crippen LogP contribution in [0.15, 0.2) is 59.4 Å². The lowest BCUT2D eigenvalue weighted by Gasteiger charge is -2.39. The van der Waals surface area contributed by atoms with Crippen molar-refractivity contribution in [3.8, 4) is 18.4 Å². The molecule has 0 saturated carbocycles. The lowest BCUT2D eigenvalue weighted by atomic mass is 10.0. The van der Waals surface area contributed by atoms with Gasteiger partial charge in [0.25, 0.3) is 11.5 Å². The summed E-state index contributed by atoms with van der Waals surface area (Å²) in [5.74, 6) is 1.74. The number of fused-ring (bicyclic) bond motifs is 1. The van der Waals surface area contributed by atoms with E-state index in [0.717, 1.165) is 16.5 Å². The van der Waals surface area contributed by atoms with Gasteiger partial charge in [-0.05, 0) is 17.6 Å². The van der Waals surface area contributed by atoms with Crippen LogP contribution in [0.25, 0.3) is 10.9 Å². The topological polar surface area (TPSA) is 78.1 Å². The maximum atomic E-state index is 13.2. The van der Waals surface area contributed by atoms with Crippen molar-refractivity contribution in [2.45, 2.75) is 12.6 Å². The van der Waals surface area contributed by atoms with Crippen molar-refractivity contribution in [2.75, 3.05) is 18.4 Å². The van der Waals surface area contributed by atoms with Gasteiger partial charge in [0, 0.05) is 18.5 Å². The molecule has 0 unspecified atom stereocenters. The zero-order valence-electron chi connectivity index (χ0n) is 15.6. The Morgan fingerprint density at radius 2 is 1.83 bits per heavy atom. The molecule has 6 heteroatoms. The van der Waals surface area contributed by atoms with Crippen LogP contribution < -0.4 is 10.9 Å². The predicted molar refractivity (Wildman–Crippen MR) is 111 cm³/mol. The smallest absolute Gasteiger partial charge is 0.298 e. The van der Waals surface area contributed by atoms with Crippen LogP contribution in [-0.4, -0.2) is 34.5 Å². The quantitative estimate of drug-likeness (QED) is 0.702. The van der Waals surface area contributed by atoms with E-state index in [9.17, 15) is 14.9 Å². The SMILES string of the molecule is C#CC(=O)N1CC(Nc2c(C#N)c(=O)n(Cc3ccccc3)c3ccccc23)C1. The molecule has 1 N–H and O–H groups in total. The molecule has 0 radical (unpaired) electrons. The molecular weight excluding hydrogens is 364 g/mol. The Morgan fingerprint density at radius 1 is 1.14 bits per heavy atom. The third kappa shape index (κ3) is 3.33. The molecule has 4 rings (SSSR count). The monoisotopic (exact) mass is 382 g/mol. The number of hydrogen-bond donors (Lipinski definition) is 1. The summed E-state index contributed by atoms with van der Waals surface area (Å²) in [6, 6.07) is 19.2. The highest BCUT2D eigenvalue weighted by atomic mass is 16.2. The van der Waals surface area contributed by atoms with E-state index in [-0.39, 0.29) is 23.1 Å². The summed E-state index contributed by atoms with van der Waals surface area (Å²) >= 11 is 0. The van der Waals surface area contributed by atoms with Gasteiger partial charge in [-0.15, -0.1) is 6.42 Å². The lowest BCUT2D eigenvalue weighted by Crippen LogP contribution is -2.56. The molecule has 2 heterocycles. The third-order valence-electron chi connectivity index (χ3n) is 5.11. The fraction of sp³-hybridized carbons (Fsp3) is 0.174. The first-order valence-electron chi connectivity index (χ1n) is 9.24. The van der Waals surface area contributed by atoms with Crippen molar-refractivity contribution >= 4 is 22.5 Å². The number of para-hydroxylation sites is 1.